The summed E-state index contributed by atoms with van der Waals surface area (Å²) < 4.78 is 17.0. The van der Waals surface area contributed by atoms with Gasteiger partial charge in [-0.25, -0.2) is 9.18 Å². The van der Waals surface area contributed by atoms with Gasteiger partial charge in [-0.2, -0.15) is 0 Å². The number of halogens is 1. The number of hydrogen-bond acceptors (Lipinski definition) is 6. The van der Waals surface area contributed by atoms with E-state index < -0.39 is 17.2 Å². The lowest BCUT2D eigenvalue weighted by Crippen LogP contribution is -2.51. The minimum Gasteiger partial charge on any atom is -0.477 e. The normalized spacial score (nSPS) is 18.9. The van der Waals surface area contributed by atoms with Gasteiger partial charge in [0.2, 0.25) is 5.43 Å². The molecule has 10 nitrogen and oxygen atoms in total. The molecule has 3 heterocycles. The van der Waals surface area contributed by atoms with Crippen LogP contribution in [0.4, 0.5) is 10.1 Å². The first-order chi connectivity index (χ1) is 17.8. The fourth-order valence-corrected chi connectivity index (χ4v) is 5.34. The van der Waals surface area contributed by atoms with Crippen molar-refractivity contribution in [3.63, 3.8) is 0 Å². The van der Waals surface area contributed by atoms with Crippen LogP contribution in [0.3, 0.4) is 0 Å². The monoisotopic (exact) mass is 511 g/mol. The van der Waals surface area contributed by atoms with E-state index in [1.807, 2.05) is 9.80 Å². The van der Waals surface area contributed by atoms with Gasteiger partial charge in [-0.15, -0.1) is 0 Å². The van der Waals surface area contributed by atoms with Gasteiger partial charge < -0.3 is 29.3 Å². The average molecular weight is 512 g/mol. The summed E-state index contributed by atoms with van der Waals surface area (Å²) >= 11 is 0. The van der Waals surface area contributed by atoms with Crippen molar-refractivity contribution in [2.24, 2.45) is 0 Å². The Morgan fingerprint density at radius 3 is 2.14 bits per heavy atom. The molecule has 2 saturated heterocycles. The number of aromatic nitrogens is 1. The van der Waals surface area contributed by atoms with Crippen molar-refractivity contribution < 1.29 is 14.3 Å². The second-order valence-electron chi connectivity index (χ2n) is 10.1. The maximum Gasteiger partial charge on any atom is 0.341 e. The van der Waals surface area contributed by atoms with Crippen molar-refractivity contribution in [2.45, 2.75) is 32.2 Å². The topological polar surface area (TPSA) is 120 Å². The van der Waals surface area contributed by atoms with Crippen molar-refractivity contribution in [1.29, 1.82) is 10.8 Å². The number of amidine groups is 2. The first kappa shape index (κ1) is 25.2. The van der Waals surface area contributed by atoms with Crippen LogP contribution in [0.1, 0.15) is 42.6 Å². The number of anilines is 1. The van der Waals surface area contributed by atoms with Crippen LogP contribution >= 0.6 is 0 Å². The number of piperazine rings is 2. The predicted molar refractivity (Wildman–Crippen MR) is 141 cm³/mol. The maximum atomic E-state index is 15.2. The number of aromatic carboxylic acids is 1. The molecule has 1 aromatic heterocycles. The summed E-state index contributed by atoms with van der Waals surface area (Å²) in [7, 11) is 0. The second kappa shape index (κ2) is 10.1. The van der Waals surface area contributed by atoms with Crippen molar-refractivity contribution in [3.05, 3.63) is 39.9 Å². The minimum absolute atomic E-state index is 0.0896. The third kappa shape index (κ3) is 5.04. The number of carboxylic acid groups (broad SMARTS) is 1. The molecule has 2 aliphatic heterocycles. The fourth-order valence-electron chi connectivity index (χ4n) is 5.34. The molecule has 5 rings (SSSR count). The van der Waals surface area contributed by atoms with Gasteiger partial charge in [-0.1, -0.05) is 6.92 Å². The number of benzene rings is 1. The molecule has 0 spiro atoms. The zero-order valence-corrected chi connectivity index (χ0v) is 21.2. The average Bonchev–Trinajstić information content (AvgIpc) is 3.74. The van der Waals surface area contributed by atoms with Crippen LogP contribution in [0.2, 0.25) is 0 Å². The molecule has 2 aromatic rings. The van der Waals surface area contributed by atoms with Crippen LogP contribution in [0, 0.1) is 16.6 Å². The summed E-state index contributed by atoms with van der Waals surface area (Å²) in [4.78, 5) is 32.6. The summed E-state index contributed by atoms with van der Waals surface area (Å²) in [6, 6.07) is 2.96. The molecule has 0 amide bonds. The van der Waals surface area contributed by atoms with Crippen molar-refractivity contribution in [2.75, 3.05) is 63.8 Å². The highest BCUT2D eigenvalue weighted by Gasteiger charge is 2.29. The Hall–Kier alpha value is -3.47. The number of likely N-dealkylation sites (N-methyl/N-ethyl adjacent to an activating group) is 1. The number of carbonyl (C=O) groups is 1. The van der Waals surface area contributed by atoms with Crippen LogP contribution in [0.15, 0.2) is 23.1 Å². The van der Waals surface area contributed by atoms with E-state index in [0.29, 0.717) is 49.1 Å². The van der Waals surface area contributed by atoms with Crippen LogP contribution in [-0.4, -0.2) is 101 Å². The van der Waals surface area contributed by atoms with E-state index in [9.17, 15) is 14.7 Å². The minimum atomic E-state index is -1.30. The molecule has 11 heteroatoms. The van der Waals surface area contributed by atoms with Gasteiger partial charge in [0.25, 0.3) is 0 Å². The van der Waals surface area contributed by atoms with Crippen LogP contribution in [0.25, 0.3) is 10.9 Å². The van der Waals surface area contributed by atoms with E-state index >= 15 is 4.39 Å². The molecule has 198 valence electrons. The molecule has 0 atom stereocenters. The third-order valence-electron chi connectivity index (χ3n) is 7.81. The Bertz CT molecular complexity index is 1290. The molecule has 3 fully saturated rings. The maximum absolute atomic E-state index is 15.2. The fraction of sp³-hybridized carbons (Fsp3) is 0.538. The summed E-state index contributed by atoms with van der Waals surface area (Å²) in [6.07, 6.45) is 3.47. The number of nitrogens with one attached hydrogen (secondary N) is 2. The van der Waals surface area contributed by atoms with Gasteiger partial charge in [0.1, 0.15) is 23.1 Å². The largest absolute Gasteiger partial charge is 0.477 e. The van der Waals surface area contributed by atoms with Crippen molar-refractivity contribution in [3.8, 4) is 0 Å². The predicted octanol–water partition coefficient (Wildman–Crippen LogP) is 2.28. The molecule has 1 aromatic carbocycles. The highest BCUT2D eigenvalue weighted by Crippen LogP contribution is 2.38. The van der Waals surface area contributed by atoms with E-state index in [1.54, 1.807) is 10.6 Å². The van der Waals surface area contributed by atoms with Gasteiger partial charge in [0.05, 0.1) is 17.6 Å². The highest BCUT2D eigenvalue weighted by atomic mass is 19.1. The number of nitrogens with zero attached hydrogens (tertiary/aromatic N) is 5. The molecule has 0 radical (unpaired) electrons. The zero-order chi connectivity index (χ0) is 26.3. The van der Waals surface area contributed by atoms with Crippen LogP contribution in [0.5, 0.6) is 0 Å². The smallest absolute Gasteiger partial charge is 0.341 e. The first-order valence-corrected chi connectivity index (χ1v) is 13.0. The van der Waals surface area contributed by atoms with E-state index in [2.05, 4.69) is 16.7 Å². The first-order valence-electron chi connectivity index (χ1n) is 13.0. The lowest BCUT2D eigenvalue weighted by Gasteiger charge is -2.39. The van der Waals surface area contributed by atoms with Gasteiger partial charge in [0.15, 0.2) is 0 Å². The number of rotatable bonds is 6. The van der Waals surface area contributed by atoms with Gasteiger partial charge in [-0.05, 0) is 31.5 Å². The third-order valence-corrected chi connectivity index (χ3v) is 7.81. The summed E-state index contributed by atoms with van der Waals surface area (Å²) in [5.41, 5.74) is -0.0593. The molecule has 1 saturated carbocycles. The van der Waals surface area contributed by atoms with Crippen molar-refractivity contribution in [1.82, 2.24) is 19.3 Å². The standard InChI is InChI=1S/C26H34FN7O3/c1-2-30-5-7-32(8-6-30)23(28)15-24(29)33-11-9-31(10-12-33)22-14-21-18(13-20(22)27)25(35)19(26(36)37)16-34(21)17-3-4-17/h13-14,16-17,28-29H,2-12,15H2,1H3,(H,36,37). The van der Waals surface area contributed by atoms with Crippen LogP contribution < -0.4 is 10.3 Å². The Morgan fingerprint density at radius 2 is 1.59 bits per heavy atom. The molecule has 3 aliphatic rings. The summed E-state index contributed by atoms with van der Waals surface area (Å²) in [6.45, 7) is 8.76. The Balaban J connectivity index is 1.27. The van der Waals surface area contributed by atoms with Crippen LogP contribution in [-0.2, 0) is 0 Å². The SMILES string of the molecule is CCN1CCN(C(=N)CC(=N)N2CCN(c3cc4c(cc3F)c(=O)c(C(=O)O)cn4C3CC3)CC2)CC1. The van der Waals surface area contributed by atoms with E-state index in [-0.39, 0.29) is 23.4 Å². The highest BCUT2D eigenvalue weighted by molar-refractivity contribution is 5.99. The Labute approximate surface area is 214 Å². The molecule has 37 heavy (non-hydrogen) atoms. The number of carboxylic acids is 1. The second-order valence-corrected chi connectivity index (χ2v) is 10.1. The Kier molecular flexibility index (Phi) is 6.89. The van der Waals surface area contributed by atoms with Gasteiger partial charge >= 0.3 is 5.97 Å². The Morgan fingerprint density at radius 1 is 1.00 bits per heavy atom. The molecular formula is C26H34FN7O3. The molecule has 0 unspecified atom stereocenters. The zero-order valence-electron chi connectivity index (χ0n) is 21.2. The van der Waals surface area contributed by atoms with Gasteiger partial charge in [-0.3, -0.25) is 15.6 Å². The van der Waals surface area contributed by atoms with E-state index in [4.69, 9.17) is 10.8 Å². The molecule has 3 N–H and O–H groups in total. The molecule has 1 aliphatic carbocycles. The van der Waals surface area contributed by atoms with Crippen molar-refractivity contribution >= 4 is 34.2 Å². The molecular weight excluding hydrogens is 477 g/mol. The summed E-state index contributed by atoms with van der Waals surface area (Å²) in [5, 5.41) is 26.6. The van der Waals surface area contributed by atoms with E-state index in [1.165, 1.54) is 12.3 Å². The van der Waals surface area contributed by atoms with Gasteiger partial charge in [0, 0.05) is 70.0 Å². The number of hydrogen-bond donors (Lipinski definition) is 3. The van der Waals surface area contributed by atoms with E-state index in [0.717, 1.165) is 45.6 Å². The number of fused-ring (bicyclic) bond motifs is 1. The lowest BCUT2D eigenvalue weighted by atomic mass is 10.1. The summed E-state index contributed by atoms with van der Waals surface area (Å²) in [5.74, 6) is -0.973. The quantitative estimate of drug-likeness (QED) is 0.402. The number of pyridine rings is 1. The molecule has 0 bridgehead atoms. The lowest BCUT2D eigenvalue weighted by molar-refractivity contribution is 0.0695.